The molecule has 25 heavy (non-hydrogen) atoms. The Morgan fingerprint density at radius 1 is 1.08 bits per heavy atom. The van der Waals surface area contributed by atoms with E-state index in [0.717, 1.165) is 5.56 Å². The van der Waals surface area contributed by atoms with Crippen molar-refractivity contribution in [3.8, 4) is 0 Å². The number of hydrazine groups is 2. The van der Waals surface area contributed by atoms with E-state index >= 15 is 0 Å². The summed E-state index contributed by atoms with van der Waals surface area (Å²) in [6, 6.07) is 12.3. The van der Waals surface area contributed by atoms with Crippen LogP contribution >= 0.6 is 34.8 Å². The summed E-state index contributed by atoms with van der Waals surface area (Å²) >= 11 is 18.3. The lowest BCUT2D eigenvalue weighted by molar-refractivity contribution is 0.111. The molecule has 1 N–H and O–H groups in total. The fourth-order valence-corrected chi connectivity index (χ4v) is 2.95. The molecule has 0 aliphatic carbocycles. The first-order valence-electron chi connectivity index (χ1n) is 7.45. The zero-order chi connectivity index (χ0) is 18.0. The molecule has 1 aliphatic rings. The van der Waals surface area contributed by atoms with Gasteiger partial charge in [0.1, 0.15) is 0 Å². The fourth-order valence-electron chi connectivity index (χ4n) is 2.33. The summed E-state index contributed by atoms with van der Waals surface area (Å²) < 4.78 is 5.04. The van der Waals surface area contributed by atoms with Gasteiger partial charge >= 0.3 is 6.09 Å². The summed E-state index contributed by atoms with van der Waals surface area (Å²) in [7, 11) is 0. The van der Waals surface area contributed by atoms with Crippen molar-refractivity contribution in [3.05, 3.63) is 69.3 Å². The van der Waals surface area contributed by atoms with Gasteiger partial charge in [-0.25, -0.2) is 4.79 Å². The van der Waals surface area contributed by atoms with Crippen LogP contribution in [0, 0.1) is 0 Å². The van der Waals surface area contributed by atoms with E-state index in [1.165, 1.54) is 5.01 Å². The maximum absolute atomic E-state index is 12.1. The first-order chi connectivity index (χ1) is 12.0. The molecule has 0 atom stereocenters. The summed E-state index contributed by atoms with van der Waals surface area (Å²) in [5.41, 5.74) is 5.14. The Morgan fingerprint density at radius 3 is 2.40 bits per heavy atom. The highest BCUT2D eigenvalue weighted by Crippen LogP contribution is 2.35. The molecule has 1 heterocycles. The van der Waals surface area contributed by atoms with Crippen LogP contribution < -0.4 is 10.5 Å². The number of rotatable bonds is 3. The van der Waals surface area contributed by atoms with E-state index in [1.807, 2.05) is 12.1 Å². The molecule has 0 spiro atoms. The van der Waals surface area contributed by atoms with Crippen LogP contribution in [0.25, 0.3) is 5.70 Å². The van der Waals surface area contributed by atoms with Gasteiger partial charge in [0.05, 0.1) is 29.2 Å². The predicted octanol–water partition coefficient (Wildman–Crippen LogP) is 5.34. The lowest BCUT2D eigenvalue weighted by atomic mass is 10.1. The largest absolute Gasteiger partial charge is 0.448 e. The van der Waals surface area contributed by atoms with Gasteiger partial charge in [0, 0.05) is 15.6 Å². The van der Waals surface area contributed by atoms with Crippen molar-refractivity contribution < 1.29 is 9.53 Å². The van der Waals surface area contributed by atoms with E-state index in [1.54, 1.807) is 48.5 Å². The SMILES string of the molecule is CCOC(=O)N1C=C(c2ccc(Cl)cc2)N(c2ccc(Cl)cc2Cl)N1. The summed E-state index contributed by atoms with van der Waals surface area (Å²) in [4.78, 5) is 12.1. The molecule has 0 aromatic heterocycles. The monoisotopic (exact) mass is 397 g/mol. The Balaban J connectivity index is 2.01. The van der Waals surface area contributed by atoms with Gasteiger partial charge in [-0.15, -0.1) is 5.53 Å². The molecule has 1 aliphatic heterocycles. The number of carbonyl (C=O) groups is 1. The number of benzene rings is 2. The lowest BCUT2D eigenvalue weighted by Crippen LogP contribution is -2.43. The normalized spacial score (nSPS) is 13.8. The average molecular weight is 399 g/mol. The Labute approximate surface area is 160 Å². The number of amides is 1. The minimum atomic E-state index is -0.526. The van der Waals surface area contributed by atoms with Crippen LogP contribution in [0.5, 0.6) is 0 Å². The number of halogens is 3. The van der Waals surface area contributed by atoms with Gasteiger partial charge in [-0.3, -0.25) is 5.01 Å². The van der Waals surface area contributed by atoms with Crippen LogP contribution in [0.1, 0.15) is 12.5 Å². The highest BCUT2D eigenvalue weighted by Gasteiger charge is 2.29. The van der Waals surface area contributed by atoms with Gasteiger partial charge < -0.3 is 4.74 Å². The third kappa shape index (κ3) is 3.85. The van der Waals surface area contributed by atoms with Gasteiger partial charge in [-0.2, -0.15) is 5.01 Å². The second-order valence-corrected chi connectivity index (χ2v) is 6.40. The molecule has 0 saturated heterocycles. The molecule has 0 unspecified atom stereocenters. The average Bonchev–Trinajstić information content (AvgIpc) is 3.01. The Hall–Kier alpha value is -1.92. The third-order valence-corrected chi connectivity index (χ3v) is 4.24. The molecule has 8 heteroatoms. The van der Waals surface area contributed by atoms with E-state index in [0.29, 0.717) is 26.5 Å². The number of nitrogens with one attached hydrogen (secondary N) is 1. The molecular formula is C17H14Cl3N3O2. The minimum absolute atomic E-state index is 0.267. The topological polar surface area (TPSA) is 44.8 Å². The van der Waals surface area contributed by atoms with Gasteiger partial charge in [-0.1, -0.05) is 46.9 Å². The quantitative estimate of drug-likeness (QED) is 0.757. The van der Waals surface area contributed by atoms with Crippen molar-refractivity contribution in [1.29, 1.82) is 0 Å². The first-order valence-corrected chi connectivity index (χ1v) is 8.58. The van der Waals surface area contributed by atoms with Crippen molar-refractivity contribution in [1.82, 2.24) is 10.5 Å². The van der Waals surface area contributed by atoms with Crippen LogP contribution in [0.3, 0.4) is 0 Å². The van der Waals surface area contributed by atoms with E-state index < -0.39 is 6.09 Å². The number of carbonyl (C=O) groups excluding carboxylic acids is 1. The molecule has 2 aromatic carbocycles. The van der Waals surface area contributed by atoms with Crippen molar-refractivity contribution in [3.63, 3.8) is 0 Å². The molecule has 0 bridgehead atoms. The highest BCUT2D eigenvalue weighted by atomic mass is 35.5. The molecule has 130 valence electrons. The van der Waals surface area contributed by atoms with Crippen LogP contribution in [0.15, 0.2) is 48.7 Å². The van der Waals surface area contributed by atoms with E-state index in [4.69, 9.17) is 39.5 Å². The molecule has 0 fully saturated rings. The van der Waals surface area contributed by atoms with Crippen LogP contribution in [-0.4, -0.2) is 17.7 Å². The van der Waals surface area contributed by atoms with Gasteiger partial charge in [0.15, 0.2) is 0 Å². The maximum Gasteiger partial charge on any atom is 0.430 e. The Bertz CT molecular complexity index is 824. The third-order valence-electron chi connectivity index (χ3n) is 3.46. The molecule has 0 saturated carbocycles. The number of hydrogen-bond donors (Lipinski definition) is 1. The molecule has 0 radical (unpaired) electrons. The fraction of sp³-hybridized carbons (Fsp3) is 0.118. The number of ether oxygens (including phenoxy) is 1. The Morgan fingerprint density at radius 2 is 1.76 bits per heavy atom. The second-order valence-electron chi connectivity index (χ2n) is 5.12. The van der Waals surface area contributed by atoms with E-state index in [-0.39, 0.29) is 6.61 Å². The minimum Gasteiger partial charge on any atom is -0.448 e. The van der Waals surface area contributed by atoms with Crippen LogP contribution in [0.4, 0.5) is 10.5 Å². The number of anilines is 1. The van der Waals surface area contributed by atoms with Crippen molar-refractivity contribution in [2.75, 3.05) is 11.6 Å². The molecule has 5 nitrogen and oxygen atoms in total. The van der Waals surface area contributed by atoms with E-state index in [2.05, 4.69) is 5.53 Å². The summed E-state index contributed by atoms with van der Waals surface area (Å²) in [6.07, 6.45) is 1.10. The summed E-state index contributed by atoms with van der Waals surface area (Å²) in [6.45, 7) is 2.01. The van der Waals surface area contributed by atoms with Gasteiger partial charge in [-0.05, 0) is 37.3 Å². The van der Waals surface area contributed by atoms with Crippen molar-refractivity contribution in [2.45, 2.75) is 6.92 Å². The zero-order valence-electron chi connectivity index (χ0n) is 13.2. The number of hydrogen-bond acceptors (Lipinski definition) is 4. The van der Waals surface area contributed by atoms with Crippen molar-refractivity contribution in [2.24, 2.45) is 0 Å². The first kappa shape index (κ1) is 17.9. The zero-order valence-corrected chi connectivity index (χ0v) is 15.4. The van der Waals surface area contributed by atoms with Crippen LogP contribution in [-0.2, 0) is 4.74 Å². The molecule has 3 rings (SSSR count). The lowest BCUT2D eigenvalue weighted by Gasteiger charge is -2.24. The predicted molar refractivity (Wildman–Crippen MR) is 100 cm³/mol. The van der Waals surface area contributed by atoms with Crippen LogP contribution in [0.2, 0.25) is 15.1 Å². The standard InChI is InChI=1S/C17H14Cl3N3O2/c1-2-25-17(24)22-10-16(11-3-5-12(18)6-4-11)23(21-22)15-8-7-13(19)9-14(15)20/h3-10,21H,2H2,1H3. The van der Waals surface area contributed by atoms with Gasteiger partial charge in [0.25, 0.3) is 0 Å². The molecule has 2 aromatic rings. The molecular weight excluding hydrogens is 385 g/mol. The van der Waals surface area contributed by atoms with Gasteiger partial charge in [0.2, 0.25) is 0 Å². The Kier molecular flexibility index (Phi) is 5.39. The van der Waals surface area contributed by atoms with E-state index in [9.17, 15) is 4.79 Å². The highest BCUT2D eigenvalue weighted by molar-refractivity contribution is 6.36. The number of nitrogens with zero attached hydrogens (tertiary/aromatic N) is 2. The smallest absolute Gasteiger partial charge is 0.430 e. The second kappa shape index (κ2) is 7.54. The maximum atomic E-state index is 12.1. The van der Waals surface area contributed by atoms with Crippen molar-refractivity contribution >= 4 is 52.3 Å². The molecule has 1 amide bonds. The summed E-state index contributed by atoms with van der Waals surface area (Å²) in [5, 5.41) is 4.50. The summed E-state index contributed by atoms with van der Waals surface area (Å²) in [5.74, 6) is 0.